The predicted molar refractivity (Wildman–Crippen MR) is 208 cm³/mol. The lowest BCUT2D eigenvalue weighted by atomic mass is 10.1. The van der Waals surface area contributed by atoms with E-state index in [9.17, 15) is 58.5 Å². The van der Waals surface area contributed by atoms with Crippen molar-refractivity contribution in [2.75, 3.05) is 56.4 Å². The number of carbonyl (C=O) groups is 9. The van der Waals surface area contributed by atoms with Crippen molar-refractivity contribution in [3.05, 3.63) is 0 Å². The number of nitrogens with two attached hydrogens (primary N) is 1. The van der Waals surface area contributed by atoms with Crippen molar-refractivity contribution >= 4 is 90.2 Å². The van der Waals surface area contributed by atoms with Gasteiger partial charge in [-0.25, -0.2) is 4.79 Å². The quantitative estimate of drug-likeness (QED) is 0.0453. The fraction of sp³-hybridized carbons (Fsp3) is 0.719. The Morgan fingerprint density at radius 1 is 0.732 bits per heavy atom. The summed E-state index contributed by atoms with van der Waals surface area (Å²) in [5.74, 6) is -7.36. The van der Waals surface area contributed by atoms with Crippen LogP contribution in [-0.2, 0) is 43.2 Å². The Labute approximate surface area is 338 Å². The summed E-state index contributed by atoms with van der Waals surface area (Å²) in [6, 6.07) is -9.68. The fourth-order valence-electron chi connectivity index (χ4n) is 5.90. The van der Waals surface area contributed by atoms with Crippen LogP contribution < -0.4 is 37.6 Å². The van der Waals surface area contributed by atoms with Gasteiger partial charge in [0.15, 0.2) is 0 Å². The van der Waals surface area contributed by atoms with Gasteiger partial charge in [0.25, 0.3) is 0 Å². The number of carbonyl (C=O) groups excluding carboxylic acids is 8. The Morgan fingerprint density at radius 3 is 1.77 bits per heavy atom. The second-order valence-corrected chi connectivity index (χ2v) is 14.8. The number of thioether (sulfide) groups is 1. The molecule has 0 aliphatic carbocycles. The first kappa shape index (κ1) is 48.3. The lowest BCUT2D eigenvalue weighted by Gasteiger charge is -2.28. The molecule has 11 N–H and O–H groups in total. The third-order valence-corrected chi connectivity index (χ3v) is 10.4. The molecule has 21 nitrogen and oxygen atoms in total. The molecule has 0 spiro atoms. The monoisotopic (exact) mass is 851 g/mol. The van der Waals surface area contributed by atoms with Crippen molar-refractivity contribution in [2.24, 2.45) is 5.73 Å². The molecule has 0 unspecified atom stereocenters. The molecule has 316 valence electrons. The number of nitrogens with zero attached hydrogens (tertiary/aromatic N) is 2. The first-order chi connectivity index (χ1) is 26.5. The van der Waals surface area contributed by atoms with E-state index in [1.54, 1.807) is 0 Å². The van der Waals surface area contributed by atoms with E-state index in [0.717, 1.165) is 4.90 Å². The van der Waals surface area contributed by atoms with Crippen LogP contribution in [0, 0.1) is 0 Å². The van der Waals surface area contributed by atoms with Gasteiger partial charge in [-0.2, -0.15) is 37.0 Å². The number of likely N-dealkylation sites (tertiary alicyclic amines) is 2. The van der Waals surface area contributed by atoms with E-state index >= 15 is 0 Å². The van der Waals surface area contributed by atoms with E-state index in [2.05, 4.69) is 57.2 Å². The molecule has 2 heterocycles. The third-order valence-electron chi connectivity index (χ3n) is 9.05. The molecule has 2 rings (SSSR count). The highest BCUT2D eigenvalue weighted by atomic mass is 32.2. The van der Waals surface area contributed by atoms with Gasteiger partial charge < -0.3 is 62.8 Å². The fourth-order valence-corrected chi connectivity index (χ4v) is 6.90. The molecule has 8 atom stereocenters. The Balaban J connectivity index is 1.88. The molecule has 2 aliphatic heterocycles. The number of thiol groups is 2. The van der Waals surface area contributed by atoms with Crippen LogP contribution in [-0.4, -0.2) is 183 Å². The van der Waals surface area contributed by atoms with Crippen LogP contribution in [0.4, 0.5) is 0 Å². The van der Waals surface area contributed by atoms with E-state index < -0.39 is 115 Å². The standard InChI is InChI=1S/C32H53N9O12S3/c1-16(35-24(44)11-34-26(46)18(12-42)36-29(49)22-5-3-8-40(22)30(50)17(33)7-10-56-2)25(45)38-20(14-54)28(48)39-21(15-55)27(47)37-19(13-43)31(51)41-9-4-6-23(41)32(52)53/h16-23,42-43,54-55H,3-15,33H2,1-2H3,(H,34,46)(H,35,44)(H,36,49)(H,37,47)(H,38,45)(H,39,48)(H,52,53)/t16-,17-,18-,19-,20-,21-,22-,23-/m0/s1. The third kappa shape index (κ3) is 14.0. The molecule has 56 heavy (non-hydrogen) atoms. The number of nitrogens with one attached hydrogen (secondary N) is 6. The molecule has 2 aliphatic rings. The van der Waals surface area contributed by atoms with Gasteiger partial charge in [0, 0.05) is 24.6 Å². The molecular formula is C32H53N9O12S3. The summed E-state index contributed by atoms with van der Waals surface area (Å²) in [6.45, 7) is -0.616. The van der Waals surface area contributed by atoms with Crippen molar-refractivity contribution in [1.82, 2.24) is 41.7 Å². The number of hydrogen-bond acceptors (Lipinski definition) is 15. The molecule has 0 radical (unpaired) electrons. The van der Waals surface area contributed by atoms with Gasteiger partial charge in [-0.15, -0.1) is 0 Å². The zero-order valence-electron chi connectivity index (χ0n) is 31.1. The molecule has 0 aromatic rings. The summed E-state index contributed by atoms with van der Waals surface area (Å²) in [4.78, 5) is 117. The summed E-state index contributed by atoms with van der Waals surface area (Å²) in [5, 5.41) is 42.9. The zero-order valence-corrected chi connectivity index (χ0v) is 33.7. The summed E-state index contributed by atoms with van der Waals surface area (Å²) in [7, 11) is 0. The smallest absolute Gasteiger partial charge is 0.326 e. The summed E-state index contributed by atoms with van der Waals surface area (Å²) in [5.41, 5.74) is 6.00. The first-order valence-electron chi connectivity index (χ1n) is 17.8. The number of aliphatic hydroxyl groups excluding tert-OH is 2. The van der Waals surface area contributed by atoms with E-state index in [1.165, 1.54) is 23.6 Å². The Morgan fingerprint density at radius 2 is 1.25 bits per heavy atom. The van der Waals surface area contributed by atoms with Crippen LogP contribution in [0.15, 0.2) is 0 Å². The average Bonchev–Trinajstić information content (AvgIpc) is 3.88. The van der Waals surface area contributed by atoms with Crippen molar-refractivity contribution in [3.8, 4) is 0 Å². The first-order valence-corrected chi connectivity index (χ1v) is 20.5. The molecule has 2 saturated heterocycles. The van der Waals surface area contributed by atoms with Crippen molar-refractivity contribution in [3.63, 3.8) is 0 Å². The van der Waals surface area contributed by atoms with E-state index in [0.29, 0.717) is 38.0 Å². The number of carboxylic acids is 1. The van der Waals surface area contributed by atoms with Gasteiger partial charge in [-0.3, -0.25) is 38.4 Å². The van der Waals surface area contributed by atoms with E-state index in [-0.39, 0.29) is 30.4 Å². The SMILES string of the molecule is CSCC[C@H](N)C(=O)N1CCC[C@H]1C(=O)N[C@@H](CO)C(=O)NCC(=O)N[C@@H](C)C(=O)N[C@@H](CS)C(=O)N[C@@H](CS)C(=O)N[C@@H](CO)C(=O)N1CCC[C@H]1C(=O)O. The molecule has 24 heteroatoms. The maximum atomic E-state index is 13.0. The van der Waals surface area contributed by atoms with Crippen molar-refractivity contribution in [2.45, 2.75) is 87.4 Å². The number of aliphatic hydroxyl groups is 2. The molecule has 0 bridgehead atoms. The summed E-state index contributed by atoms with van der Waals surface area (Å²) < 4.78 is 0. The minimum absolute atomic E-state index is 0.120. The largest absolute Gasteiger partial charge is 0.480 e. The average molecular weight is 852 g/mol. The van der Waals surface area contributed by atoms with Crippen LogP contribution in [0.2, 0.25) is 0 Å². The van der Waals surface area contributed by atoms with Crippen LogP contribution in [0.25, 0.3) is 0 Å². The summed E-state index contributed by atoms with van der Waals surface area (Å²) in [6.07, 6.45) is 3.82. The highest BCUT2D eigenvalue weighted by molar-refractivity contribution is 7.98. The van der Waals surface area contributed by atoms with Crippen LogP contribution >= 0.6 is 37.0 Å². The molecule has 0 saturated carbocycles. The minimum Gasteiger partial charge on any atom is -0.480 e. The van der Waals surface area contributed by atoms with Gasteiger partial charge >= 0.3 is 5.97 Å². The molecule has 2 fully saturated rings. The second kappa shape index (κ2) is 24.0. The van der Waals surface area contributed by atoms with Crippen molar-refractivity contribution < 1.29 is 58.5 Å². The maximum absolute atomic E-state index is 13.0. The highest BCUT2D eigenvalue weighted by Gasteiger charge is 2.39. The van der Waals surface area contributed by atoms with E-state index in [1.807, 2.05) is 6.26 Å². The second-order valence-electron chi connectivity index (χ2n) is 13.1. The highest BCUT2D eigenvalue weighted by Crippen LogP contribution is 2.20. The Bertz CT molecular complexity index is 1450. The van der Waals surface area contributed by atoms with Gasteiger partial charge in [0.1, 0.15) is 42.3 Å². The van der Waals surface area contributed by atoms with Gasteiger partial charge in [-0.05, 0) is 51.0 Å². The topological polar surface area (TPSA) is 319 Å². The Kier molecular flexibility index (Phi) is 20.7. The molecule has 8 amide bonds. The molecule has 0 aromatic heterocycles. The summed E-state index contributed by atoms with van der Waals surface area (Å²) >= 11 is 9.68. The number of amides is 8. The van der Waals surface area contributed by atoms with Gasteiger partial charge in [0.05, 0.1) is 25.8 Å². The maximum Gasteiger partial charge on any atom is 0.326 e. The Hall–Kier alpha value is -3.84. The number of aliphatic carboxylic acids is 1. The van der Waals surface area contributed by atoms with Gasteiger partial charge in [-0.1, -0.05) is 0 Å². The lowest BCUT2D eigenvalue weighted by Crippen LogP contribution is -2.60. The van der Waals surface area contributed by atoms with E-state index in [4.69, 9.17) is 5.73 Å². The van der Waals surface area contributed by atoms with Crippen molar-refractivity contribution in [1.29, 1.82) is 0 Å². The normalized spacial score (nSPS) is 19.7. The predicted octanol–water partition coefficient (Wildman–Crippen LogP) is -5.46. The molecular weight excluding hydrogens is 799 g/mol. The van der Waals surface area contributed by atoms with Crippen LogP contribution in [0.1, 0.15) is 39.0 Å². The molecule has 0 aromatic carbocycles. The lowest BCUT2D eigenvalue weighted by molar-refractivity contribution is -0.150. The van der Waals surface area contributed by atoms with Crippen LogP contribution in [0.3, 0.4) is 0 Å². The zero-order chi connectivity index (χ0) is 42.1. The van der Waals surface area contributed by atoms with Crippen LogP contribution in [0.5, 0.6) is 0 Å². The number of rotatable bonds is 22. The van der Waals surface area contributed by atoms with Gasteiger partial charge in [0.2, 0.25) is 47.3 Å². The minimum atomic E-state index is -1.50. The number of hydrogen-bond donors (Lipinski definition) is 12. The number of carboxylic acid groups (broad SMARTS) is 1.